The van der Waals surface area contributed by atoms with E-state index in [-0.39, 0.29) is 16.5 Å². The Morgan fingerprint density at radius 1 is 0.739 bits per heavy atom. The van der Waals surface area contributed by atoms with E-state index in [1.54, 1.807) is 24.3 Å². The Morgan fingerprint density at radius 3 is 1.26 bits per heavy atom. The summed E-state index contributed by atoms with van der Waals surface area (Å²) in [6.07, 6.45) is 1.67. The molecule has 0 aliphatic heterocycles. The third-order valence-corrected chi connectivity index (χ3v) is 4.58. The monoisotopic (exact) mass is 312 g/mol. The van der Waals surface area contributed by atoms with Gasteiger partial charge in [0, 0.05) is 5.41 Å². The lowest BCUT2D eigenvalue weighted by Crippen LogP contribution is -2.26. The van der Waals surface area contributed by atoms with Crippen LogP contribution in [0.1, 0.15) is 58.5 Å². The second-order valence-corrected chi connectivity index (χ2v) is 5.55. The molecule has 0 bridgehead atoms. The maximum atomic E-state index is 11.0. The molecule has 2 aromatic carbocycles. The molecule has 0 radical (unpaired) electrons. The van der Waals surface area contributed by atoms with Crippen molar-refractivity contribution in [1.82, 2.24) is 0 Å². The Balaban J connectivity index is 2.49. The molecule has 0 heterocycles. The smallest absolute Gasteiger partial charge is 0.335 e. The van der Waals surface area contributed by atoms with E-state index in [0.717, 1.165) is 24.0 Å². The molecule has 2 N–H and O–H groups in total. The fraction of sp³-hybridized carbons (Fsp3) is 0.263. The number of rotatable bonds is 6. The highest BCUT2D eigenvalue weighted by molar-refractivity contribution is 5.88. The molecule has 0 saturated heterocycles. The Kier molecular flexibility index (Phi) is 4.84. The van der Waals surface area contributed by atoms with Crippen LogP contribution in [0.5, 0.6) is 0 Å². The molecule has 4 heteroatoms. The maximum Gasteiger partial charge on any atom is 0.335 e. The van der Waals surface area contributed by atoms with Gasteiger partial charge >= 0.3 is 11.9 Å². The van der Waals surface area contributed by atoms with Gasteiger partial charge in [0.25, 0.3) is 0 Å². The lowest BCUT2D eigenvalue weighted by atomic mass is 9.70. The van der Waals surface area contributed by atoms with Gasteiger partial charge in [0.05, 0.1) is 11.1 Å². The van der Waals surface area contributed by atoms with Crippen LogP contribution in [0.25, 0.3) is 0 Å². The second-order valence-electron chi connectivity index (χ2n) is 5.55. The van der Waals surface area contributed by atoms with Crippen molar-refractivity contribution in [2.75, 3.05) is 0 Å². The summed E-state index contributed by atoms with van der Waals surface area (Å²) in [6.45, 7) is 4.17. The molecular weight excluding hydrogens is 292 g/mol. The summed E-state index contributed by atoms with van der Waals surface area (Å²) in [5, 5.41) is 18.1. The van der Waals surface area contributed by atoms with Gasteiger partial charge in [-0.25, -0.2) is 9.59 Å². The average molecular weight is 312 g/mol. The van der Waals surface area contributed by atoms with Gasteiger partial charge in [-0.15, -0.1) is 0 Å². The van der Waals surface area contributed by atoms with E-state index in [0.29, 0.717) is 0 Å². The van der Waals surface area contributed by atoms with Crippen LogP contribution in [0.4, 0.5) is 0 Å². The van der Waals surface area contributed by atoms with Crippen molar-refractivity contribution < 1.29 is 19.8 Å². The summed E-state index contributed by atoms with van der Waals surface area (Å²) in [4.78, 5) is 22.0. The number of benzene rings is 2. The molecule has 0 amide bonds. The maximum absolute atomic E-state index is 11.0. The van der Waals surface area contributed by atoms with Crippen LogP contribution in [0.15, 0.2) is 48.5 Å². The van der Waals surface area contributed by atoms with Crippen LogP contribution in [0.3, 0.4) is 0 Å². The zero-order valence-electron chi connectivity index (χ0n) is 13.2. The standard InChI is InChI=1S/C19H20O4/c1-3-19(4-2,15-9-5-13(6-10-15)17(20)21)16-11-7-14(8-12-16)18(22)23/h5-12H,3-4H2,1-2H3,(H,20,21)(H,22,23). The topological polar surface area (TPSA) is 74.6 Å². The van der Waals surface area contributed by atoms with Gasteiger partial charge in [-0.05, 0) is 48.2 Å². The molecule has 0 fully saturated rings. The predicted octanol–water partition coefficient (Wildman–Crippen LogP) is 4.19. The van der Waals surface area contributed by atoms with Crippen LogP contribution < -0.4 is 0 Å². The van der Waals surface area contributed by atoms with Crippen LogP contribution in [0, 0.1) is 0 Å². The summed E-state index contributed by atoms with van der Waals surface area (Å²) >= 11 is 0. The van der Waals surface area contributed by atoms with E-state index in [9.17, 15) is 9.59 Å². The molecule has 0 spiro atoms. The number of aromatic carboxylic acids is 2. The van der Waals surface area contributed by atoms with Crippen LogP contribution in [-0.4, -0.2) is 22.2 Å². The van der Waals surface area contributed by atoms with Gasteiger partial charge in [0.15, 0.2) is 0 Å². The quantitative estimate of drug-likeness (QED) is 0.838. The van der Waals surface area contributed by atoms with E-state index in [4.69, 9.17) is 10.2 Å². The number of hydrogen-bond acceptors (Lipinski definition) is 2. The molecule has 120 valence electrons. The first-order valence-electron chi connectivity index (χ1n) is 7.62. The predicted molar refractivity (Wildman–Crippen MR) is 88.2 cm³/mol. The zero-order chi connectivity index (χ0) is 17.0. The van der Waals surface area contributed by atoms with E-state index in [1.807, 2.05) is 24.3 Å². The van der Waals surface area contributed by atoms with Crippen LogP contribution in [0.2, 0.25) is 0 Å². The third kappa shape index (κ3) is 3.11. The van der Waals surface area contributed by atoms with Crippen LogP contribution in [-0.2, 0) is 5.41 Å². The fourth-order valence-corrected chi connectivity index (χ4v) is 3.10. The van der Waals surface area contributed by atoms with Crippen molar-refractivity contribution in [2.24, 2.45) is 0 Å². The highest BCUT2D eigenvalue weighted by Crippen LogP contribution is 2.39. The van der Waals surface area contributed by atoms with E-state index >= 15 is 0 Å². The first-order valence-corrected chi connectivity index (χ1v) is 7.62. The summed E-state index contributed by atoms with van der Waals surface area (Å²) in [5.74, 6) is -1.89. The highest BCUT2D eigenvalue weighted by Gasteiger charge is 2.30. The van der Waals surface area contributed by atoms with Crippen molar-refractivity contribution in [3.8, 4) is 0 Å². The molecule has 0 aromatic heterocycles. The lowest BCUT2D eigenvalue weighted by Gasteiger charge is -2.33. The molecule has 2 aromatic rings. The third-order valence-electron chi connectivity index (χ3n) is 4.58. The van der Waals surface area contributed by atoms with Crippen molar-refractivity contribution in [1.29, 1.82) is 0 Å². The largest absolute Gasteiger partial charge is 0.478 e. The normalized spacial score (nSPS) is 11.2. The van der Waals surface area contributed by atoms with Gasteiger partial charge in [0.2, 0.25) is 0 Å². The van der Waals surface area contributed by atoms with Gasteiger partial charge < -0.3 is 10.2 Å². The molecule has 0 aliphatic carbocycles. The number of carbonyl (C=O) groups is 2. The number of carboxylic acid groups (broad SMARTS) is 2. The second kappa shape index (κ2) is 6.65. The van der Waals surface area contributed by atoms with E-state index in [1.165, 1.54) is 0 Å². The van der Waals surface area contributed by atoms with Gasteiger partial charge in [-0.2, -0.15) is 0 Å². The van der Waals surface area contributed by atoms with Gasteiger partial charge in [-0.3, -0.25) is 0 Å². The van der Waals surface area contributed by atoms with E-state index < -0.39 is 11.9 Å². The van der Waals surface area contributed by atoms with Crippen molar-refractivity contribution in [3.63, 3.8) is 0 Å². The summed E-state index contributed by atoms with van der Waals surface area (Å²) in [7, 11) is 0. The van der Waals surface area contributed by atoms with Gasteiger partial charge in [0.1, 0.15) is 0 Å². The van der Waals surface area contributed by atoms with E-state index in [2.05, 4.69) is 13.8 Å². The molecule has 2 rings (SSSR count). The summed E-state index contributed by atoms with van der Waals surface area (Å²) in [5.41, 5.74) is 2.34. The highest BCUT2D eigenvalue weighted by atomic mass is 16.4. The molecule has 0 unspecified atom stereocenters. The molecule has 4 nitrogen and oxygen atoms in total. The summed E-state index contributed by atoms with van der Waals surface area (Å²) < 4.78 is 0. The Hall–Kier alpha value is -2.62. The Bertz CT molecular complexity index is 636. The minimum absolute atomic E-state index is 0.256. The minimum atomic E-state index is -0.944. The van der Waals surface area contributed by atoms with Crippen molar-refractivity contribution in [2.45, 2.75) is 32.1 Å². The Labute approximate surface area is 135 Å². The van der Waals surface area contributed by atoms with Crippen molar-refractivity contribution in [3.05, 3.63) is 70.8 Å². The molecule has 0 aliphatic rings. The molecule has 0 saturated carbocycles. The first kappa shape index (κ1) is 16.7. The van der Waals surface area contributed by atoms with Gasteiger partial charge in [-0.1, -0.05) is 38.1 Å². The van der Waals surface area contributed by atoms with Crippen molar-refractivity contribution >= 4 is 11.9 Å². The molecule has 23 heavy (non-hydrogen) atoms. The zero-order valence-corrected chi connectivity index (χ0v) is 13.2. The summed E-state index contributed by atoms with van der Waals surface area (Å²) in [6, 6.07) is 13.9. The fourth-order valence-electron chi connectivity index (χ4n) is 3.10. The minimum Gasteiger partial charge on any atom is -0.478 e. The number of carboxylic acids is 2. The Morgan fingerprint density at radius 2 is 1.04 bits per heavy atom. The molecule has 0 atom stereocenters. The molecular formula is C19H20O4. The first-order chi connectivity index (χ1) is 10.9. The number of hydrogen-bond donors (Lipinski definition) is 2. The lowest BCUT2D eigenvalue weighted by molar-refractivity contribution is 0.0686. The SMILES string of the molecule is CCC(CC)(c1ccc(C(=O)O)cc1)c1ccc(C(=O)O)cc1. The van der Waals surface area contributed by atoms with Crippen LogP contribution >= 0.6 is 0 Å². The average Bonchev–Trinajstić information content (AvgIpc) is 2.57.